The molecule has 0 aliphatic heterocycles. The Morgan fingerprint density at radius 2 is 1.76 bits per heavy atom. The number of rotatable bonds is 7. The molecule has 6 nitrogen and oxygen atoms in total. The molecule has 3 N–H and O–H groups in total. The van der Waals surface area contributed by atoms with Crippen LogP contribution in [0.5, 0.6) is 0 Å². The maximum Gasteiger partial charge on any atom is 0.326 e. The normalized spacial score (nSPS) is 12.0. The van der Waals surface area contributed by atoms with Gasteiger partial charge in [-0.15, -0.1) is 0 Å². The summed E-state index contributed by atoms with van der Waals surface area (Å²) < 4.78 is 0. The molecule has 0 aromatic rings. The number of aliphatic carboxylic acids is 1. The van der Waals surface area contributed by atoms with Crippen LogP contribution in [0.25, 0.3) is 0 Å². The van der Waals surface area contributed by atoms with Crippen LogP contribution in [-0.4, -0.2) is 35.5 Å². The Balaban J connectivity index is 4.07. The Bertz CT molecular complexity index is 289. The van der Waals surface area contributed by atoms with Crippen LogP contribution in [0.1, 0.15) is 33.6 Å². The molecule has 0 saturated carbocycles. The standard InChI is InChI=1S/C11H20N2O4/c1-4-5-8(14)12-6-9(15)13-10(7(2)3)11(16)17/h7,10H,4-6H2,1-3H3,(H,12,14)(H,13,15)(H,16,17). The molecule has 1 unspecified atom stereocenters. The first-order chi connectivity index (χ1) is 7.88. The van der Waals surface area contributed by atoms with E-state index < -0.39 is 17.9 Å². The molecule has 0 aromatic carbocycles. The molecule has 0 radical (unpaired) electrons. The van der Waals surface area contributed by atoms with Gasteiger partial charge in [-0.05, 0) is 12.3 Å². The maximum atomic E-state index is 11.4. The lowest BCUT2D eigenvalue weighted by Crippen LogP contribution is -2.48. The van der Waals surface area contributed by atoms with Crippen LogP contribution in [0.2, 0.25) is 0 Å². The molecule has 0 heterocycles. The summed E-state index contributed by atoms with van der Waals surface area (Å²) in [5, 5.41) is 13.6. The average molecular weight is 244 g/mol. The lowest BCUT2D eigenvalue weighted by molar-refractivity contribution is -0.143. The predicted molar refractivity (Wildman–Crippen MR) is 62.3 cm³/mol. The zero-order valence-electron chi connectivity index (χ0n) is 10.4. The topological polar surface area (TPSA) is 95.5 Å². The Kier molecular flexibility index (Phi) is 6.93. The van der Waals surface area contributed by atoms with E-state index >= 15 is 0 Å². The third-order valence-corrected chi connectivity index (χ3v) is 2.17. The van der Waals surface area contributed by atoms with Gasteiger partial charge in [0.05, 0.1) is 6.54 Å². The fraction of sp³-hybridized carbons (Fsp3) is 0.727. The summed E-state index contributed by atoms with van der Waals surface area (Å²) >= 11 is 0. The molecule has 0 spiro atoms. The number of carbonyl (C=O) groups excluding carboxylic acids is 2. The van der Waals surface area contributed by atoms with Gasteiger partial charge in [0.2, 0.25) is 11.8 Å². The van der Waals surface area contributed by atoms with Gasteiger partial charge in [-0.25, -0.2) is 4.79 Å². The van der Waals surface area contributed by atoms with E-state index in [0.717, 1.165) is 0 Å². The number of amides is 2. The van der Waals surface area contributed by atoms with Gasteiger partial charge in [0.1, 0.15) is 6.04 Å². The highest BCUT2D eigenvalue weighted by molar-refractivity contribution is 5.87. The highest BCUT2D eigenvalue weighted by Crippen LogP contribution is 2.01. The zero-order valence-corrected chi connectivity index (χ0v) is 10.4. The molecule has 0 aromatic heterocycles. The minimum atomic E-state index is -1.08. The Labute approximate surface area is 101 Å². The SMILES string of the molecule is CCCC(=O)NCC(=O)NC(C(=O)O)C(C)C. The quantitative estimate of drug-likeness (QED) is 0.593. The van der Waals surface area contributed by atoms with E-state index in [1.807, 2.05) is 6.92 Å². The lowest BCUT2D eigenvalue weighted by atomic mass is 10.1. The van der Waals surface area contributed by atoms with Crippen molar-refractivity contribution < 1.29 is 19.5 Å². The fourth-order valence-electron chi connectivity index (χ4n) is 1.23. The van der Waals surface area contributed by atoms with E-state index in [1.165, 1.54) is 0 Å². The van der Waals surface area contributed by atoms with Crippen LogP contribution < -0.4 is 10.6 Å². The molecule has 0 saturated heterocycles. The molecule has 6 heteroatoms. The van der Waals surface area contributed by atoms with Crippen molar-refractivity contribution in [2.45, 2.75) is 39.7 Å². The largest absolute Gasteiger partial charge is 0.480 e. The van der Waals surface area contributed by atoms with Crippen LogP contribution in [0.15, 0.2) is 0 Å². The number of nitrogens with one attached hydrogen (secondary N) is 2. The average Bonchev–Trinajstić information content (AvgIpc) is 2.22. The third kappa shape index (κ3) is 6.55. The summed E-state index contributed by atoms with van der Waals surface area (Å²) in [7, 11) is 0. The summed E-state index contributed by atoms with van der Waals surface area (Å²) in [6.45, 7) is 5.08. The second kappa shape index (κ2) is 7.65. The summed E-state index contributed by atoms with van der Waals surface area (Å²) in [6, 6.07) is -0.925. The molecular formula is C11H20N2O4. The molecule has 0 bridgehead atoms. The second-order valence-electron chi connectivity index (χ2n) is 4.15. The number of carboxylic acid groups (broad SMARTS) is 1. The van der Waals surface area contributed by atoms with Crippen molar-refractivity contribution in [3.63, 3.8) is 0 Å². The molecule has 0 rings (SSSR count). The van der Waals surface area contributed by atoms with Gasteiger partial charge < -0.3 is 15.7 Å². The Morgan fingerprint density at radius 3 is 2.18 bits per heavy atom. The fourth-order valence-corrected chi connectivity index (χ4v) is 1.23. The van der Waals surface area contributed by atoms with E-state index in [-0.39, 0.29) is 18.4 Å². The van der Waals surface area contributed by atoms with E-state index in [9.17, 15) is 14.4 Å². The molecule has 0 aliphatic rings. The molecule has 1 atom stereocenters. The molecular weight excluding hydrogens is 224 g/mol. The number of carboxylic acids is 1. The van der Waals surface area contributed by atoms with E-state index in [0.29, 0.717) is 12.8 Å². The van der Waals surface area contributed by atoms with E-state index in [1.54, 1.807) is 13.8 Å². The number of hydrogen-bond acceptors (Lipinski definition) is 3. The highest BCUT2D eigenvalue weighted by atomic mass is 16.4. The summed E-state index contributed by atoms with van der Waals surface area (Å²) in [6.07, 6.45) is 1.07. The third-order valence-electron chi connectivity index (χ3n) is 2.17. The highest BCUT2D eigenvalue weighted by Gasteiger charge is 2.23. The van der Waals surface area contributed by atoms with Crippen molar-refractivity contribution in [1.29, 1.82) is 0 Å². The maximum absolute atomic E-state index is 11.4. The first-order valence-electron chi connectivity index (χ1n) is 5.67. The van der Waals surface area contributed by atoms with E-state index in [2.05, 4.69) is 10.6 Å². The first kappa shape index (κ1) is 15.4. The minimum Gasteiger partial charge on any atom is -0.480 e. The number of hydrogen-bond donors (Lipinski definition) is 3. The van der Waals surface area contributed by atoms with Crippen LogP contribution in [0.4, 0.5) is 0 Å². The Morgan fingerprint density at radius 1 is 1.18 bits per heavy atom. The van der Waals surface area contributed by atoms with Crippen molar-refractivity contribution in [2.24, 2.45) is 5.92 Å². The van der Waals surface area contributed by atoms with E-state index in [4.69, 9.17) is 5.11 Å². The van der Waals surface area contributed by atoms with Gasteiger partial charge >= 0.3 is 5.97 Å². The monoisotopic (exact) mass is 244 g/mol. The van der Waals surface area contributed by atoms with Crippen LogP contribution in [0, 0.1) is 5.92 Å². The number of carbonyl (C=O) groups is 3. The summed E-state index contributed by atoms with van der Waals surface area (Å²) in [5.41, 5.74) is 0. The van der Waals surface area contributed by atoms with Crippen molar-refractivity contribution in [1.82, 2.24) is 10.6 Å². The molecule has 17 heavy (non-hydrogen) atoms. The van der Waals surface area contributed by atoms with Gasteiger partial charge in [-0.2, -0.15) is 0 Å². The summed E-state index contributed by atoms with van der Waals surface area (Å²) in [5.74, 6) is -1.98. The van der Waals surface area contributed by atoms with Crippen LogP contribution >= 0.6 is 0 Å². The van der Waals surface area contributed by atoms with Gasteiger partial charge in [-0.1, -0.05) is 20.8 Å². The minimum absolute atomic E-state index is 0.185. The van der Waals surface area contributed by atoms with Crippen molar-refractivity contribution in [2.75, 3.05) is 6.54 Å². The molecule has 2 amide bonds. The summed E-state index contributed by atoms with van der Waals surface area (Å²) in [4.78, 5) is 33.3. The first-order valence-corrected chi connectivity index (χ1v) is 5.67. The molecule has 0 aliphatic carbocycles. The van der Waals surface area contributed by atoms with Crippen LogP contribution in [0.3, 0.4) is 0 Å². The van der Waals surface area contributed by atoms with Gasteiger partial charge in [0, 0.05) is 6.42 Å². The lowest BCUT2D eigenvalue weighted by Gasteiger charge is -2.17. The Hall–Kier alpha value is -1.59. The van der Waals surface area contributed by atoms with Crippen LogP contribution in [-0.2, 0) is 14.4 Å². The smallest absolute Gasteiger partial charge is 0.326 e. The van der Waals surface area contributed by atoms with Crippen molar-refractivity contribution in [3.8, 4) is 0 Å². The second-order valence-corrected chi connectivity index (χ2v) is 4.15. The zero-order chi connectivity index (χ0) is 13.4. The van der Waals surface area contributed by atoms with Gasteiger partial charge in [-0.3, -0.25) is 9.59 Å². The molecule has 98 valence electrons. The predicted octanol–water partition coefficient (Wildman–Crippen LogP) is 0.128. The van der Waals surface area contributed by atoms with Crippen molar-refractivity contribution >= 4 is 17.8 Å². The van der Waals surface area contributed by atoms with Gasteiger partial charge in [0.25, 0.3) is 0 Å². The van der Waals surface area contributed by atoms with Gasteiger partial charge in [0.15, 0.2) is 0 Å². The van der Waals surface area contributed by atoms with Crippen molar-refractivity contribution in [3.05, 3.63) is 0 Å². The molecule has 0 fully saturated rings.